The van der Waals surface area contributed by atoms with Gasteiger partial charge in [0, 0.05) is 12.6 Å². The number of hydrogen-bond donors (Lipinski definition) is 1. The first-order valence-corrected chi connectivity index (χ1v) is 8.31. The summed E-state index contributed by atoms with van der Waals surface area (Å²) < 4.78 is 5.20. The van der Waals surface area contributed by atoms with Crippen molar-refractivity contribution in [2.75, 3.05) is 6.54 Å². The SMILES string of the molecule is CCCN(C(=O)c1ccc(C(=O)O)o1)C1CCc2ccccc2C1. The highest BCUT2D eigenvalue weighted by molar-refractivity contribution is 5.93. The zero-order valence-electron chi connectivity index (χ0n) is 13.7. The first-order chi connectivity index (χ1) is 11.6. The van der Waals surface area contributed by atoms with Gasteiger partial charge in [0.25, 0.3) is 5.91 Å². The van der Waals surface area contributed by atoms with Crippen LogP contribution in [0.3, 0.4) is 0 Å². The number of furan rings is 1. The van der Waals surface area contributed by atoms with Gasteiger partial charge in [-0.15, -0.1) is 0 Å². The normalized spacial score (nSPS) is 16.5. The molecule has 24 heavy (non-hydrogen) atoms. The lowest BCUT2D eigenvalue weighted by molar-refractivity contribution is 0.0610. The molecule has 0 aliphatic heterocycles. The van der Waals surface area contributed by atoms with Gasteiger partial charge in [0.15, 0.2) is 5.76 Å². The maximum Gasteiger partial charge on any atom is 0.371 e. The number of carbonyl (C=O) groups is 2. The third kappa shape index (κ3) is 3.20. The number of fused-ring (bicyclic) bond motifs is 1. The number of amides is 1. The van der Waals surface area contributed by atoms with Gasteiger partial charge in [-0.25, -0.2) is 4.79 Å². The molecule has 1 amide bonds. The molecular formula is C19H21NO4. The number of aryl methyl sites for hydroxylation is 1. The summed E-state index contributed by atoms with van der Waals surface area (Å²) in [6.07, 6.45) is 3.53. The summed E-state index contributed by atoms with van der Waals surface area (Å²) in [5.41, 5.74) is 2.64. The van der Waals surface area contributed by atoms with Gasteiger partial charge in [-0.2, -0.15) is 0 Å². The molecule has 0 spiro atoms. The van der Waals surface area contributed by atoms with E-state index < -0.39 is 5.97 Å². The summed E-state index contributed by atoms with van der Waals surface area (Å²) in [4.78, 5) is 25.6. The molecule has 0 bridgehead atoms. The smallest absolute Gasteiger partial charge is 0.371 e. The minimum absolute atomic E-state index is 0.0970. The Bertz CT molecular complexity index is 749. The van der Waals surface area contributed by atoms with Gasteiger partial charge in [-0.3, -0.25) is 4.79 Å². The highest BCUT2D eigenvalue weighted by Gasteiger charge is 2.29. The Kier molecular flexibility index (Phi) is 4.69. The van der Waals surface area contributed by atoms with Gasteiger partial charge in [0.2, 0.25) is 5.76 Å². The van der Waals surface area contributed by atoms with E-state index in [1.54, 1.807) is 0 Å². The van der Waals surface area contributed by atoms with Gasteiger partial charge in [-0.1, -0.05) is 31.2 Å². The van der Waals surface area contributed by atoms with Crippen molar-refractivity contribution in [3.63, 3.8) is 0 Å². The second kappa shape index (κ2) is 6.91. The van der Waals surface area contributed by atoms with Gasteiger partial charge in [-0.05, 0) is 48.9 Å². The molecule has 1 aliphatic rings. The van der Waals surface area contributed by atoms with Crippen LogP contribution in [0.1, 0.15) is 52.0 Å². The number of carboxylic acids is 1. The lowest BCUT2D eigenvalue weighted by atomic mass is 9.87. The van der Waals surface area contributed by atoms with Crippen molar-refractivity contribution in [1.29, 1.82) is 0 Å². The number of benzene rings is 1. The predicted molar refractivity (Wildman–Crippen MR) is 89.2 cm³/mol. The topological polar surface area (TPSA) is 70.8 Å². The molecule has 0 saturated heterocycles. The number of rotatable bonds is 5. The number of hydrogen-bond acceptors (Lipinski definition) is 3. The number of carbonyl (C=O) groups excluding carboxylic acids is 1. The van der Waals surface area contributed by atoms with Crippen LogP contribution in [-0.4, -0.2) is 34.5 Å². The average Bonchev–Trinajstić information content (AvgIpc) is 3.09. The molecular weight excluding hydrogens is 306 g/mol. The summed E-state index contributed by atoms with van der Waals surface area (Å²) in [6, 6.07) is 11.2. The quantitative estimate of drug-likeness (QED) is 0.914. The third-order valence-electron chi connectivity index (χ3n) is 4.51. The average molecular weight is 327 g/mol. The fourth-order valence-corrected chi connectivity index (χ4v) is 3.34. The molecule has 3 rings (SSSR count). The number of aromatic carboxylic acids is 1. The summed E-state index contributed by atoms with van der Waals surface area (Å²) in [5, 5.41) is 8.96. The molecule has 1 atom stereocenters. The molecule has 1 aromatic heterocycles. The van der Waals surface area contributed by atoms with Crippen LogP contribution < -0.4 is 0 Å². The minimum atomic E-state index is -1.16. The van der Waals surface area contributed by atoms with Crippen molar-refractivity contribution in [3.05, 3.63) is 59.0 Å². The Morgan fingerprint density at radius 1 is 1.17 bits per heavy atom. The molecule has 1 unspecified atom stereocenters. The Balaban J connectivity index is 1.81. The van der Waals surface area contributed by atoms with E-state index in [1.165, 1.54) is 23.3 Å². The minimum Gasteiger partial charge on any atom is -0.475 e. The van der Waals surface area contributed by atoms with E-state index in [0.717, 1.165) is 25.7 Å². The van der Waals surface area contributed by atoms with Crippen molar-refractivity contribution in [2.45, 2.75) is 38.6 Å². The molecule has 0 saturated carbocycles. The first-order valence-electron chi connectivity index (χ1n) is 8.31. The van der Waals surface area contributed by atoms with E-state index in [2.05, 4.69) is 12.1 Å². The molecule has 5 nitrogen and oxygen atoms in total. The highest BCUT2D eigenvalue weighted by atomic mass is 16.4. The predicted octanol–water partition coefficient (Wildman–Crippen LogP) is 3.39. The van der Waals surface area contributed by atoms with Crippen LogP contribution in [0, 0.1) is 0 Å². The Hall–Kier alpha value is -2.56. The van der Waals surface area contributed by atoms with Crippen molar-refractivity contribution >= 4 is 11.9 Å². The third-order valence-corrected chi connectivity index (χ3v) is 4.51. The largest absolute Gasteiger partial charge is 0.475 e. The lowest BCUT2D eigenvalue weighted by Gasteiger charge is -2.34. The molecule has 1 N–H and O–H groups in total. The number of carboxylic acid groups (broad SMARTS) is 1. The Morgan fingerprint density at radius 3 is 2.54 bits per heavy atom. The van der Waals surface area contributed by atoms with Crippen molar-refractivity contribution in [2.24, 2.45) is 0 Å². The maximum absolute atomic E-state index is 12.8. The van der Waals surface area contributed by atoms with E-state index in [0.29, 0.717) is 6.54 Å². The Labute approximate surface area is 140 Å². The van der Waals surface area contributed by atoms with Crippen molar-refractivity contribution in [3.8, 4) is 0 Å². The van der Waals surface area contributed by atoms with Crippen LogP contribution in [0.4, 0.5) is 0 Å². The van der Waals surface area contributed by atoms with Gasteiger partial charge in [0.05, 0.1) is 0 Å². The molecule has 5 heteroatoms. The molecule has 1 aromatic carbocycles. The van der Waals surface area contributed by atoms with Crippen LogP contribution >= 0.6 is 0 Å². The standard InChI is InChI=1S/C19H21NO4/c1-2-11-20(18(21)16-9-10-17(24-16)19(22)23)15-8-7-13-5-3-4-6-14(13)12-15/h3-6,9-10,15H,2,7-8,11-12H2,1H3,(H,22,23). The fourth-order valence-electron chi connectivity index (χ4n) is 3.34. The zero-order valence-corrected chi connectivity index (χ0v) is 13.7. The summed E-state index contributed by atoms with van der Waals surface area (Å²) >= 11 is 0. The van der Waals surface area contributed by atoms with Gasteiger partial charge >= 0.3 is 5.97 Å². The first kappa shape index (κ1) is 16.3. The van der Waals surface area contributed by atoms with Crippen LogP contribution in [0.5, 0.6) is 0 Å². The van der Waals surface area contributed by atoms with Crippen LogP contribution in [0.15, 0.2) is 40.8 Å². The Morgan fingerprint density at radius 2 is 1.88 bits per heavy atom. The monoisotopic (exact) mass is 327 g/mol. The van der Waals surface area contributed by atoms with E-state index in [-0.39, 0.29) is 23.5 Å². The van der Waals surface area contributed by atoms with E-state index in [1.807, 2.05) is 24.0 Å². The number of nitrogens with zero attached hydrogens (tertiary/aromatic N) is 1. The van der Waals surface area contributed by atoms with Gasteiger partial charge in [0.1, 0.15) is 0 Å². The maximum atomic E-state index is 12.8. The summed E-state index contributed by atoms with van der Waals surface area (Å²) in [6.45, 7) is 2.66. The van der Waals surface area contributed by atoms with Crippen LogP contribution in [-0.2, 0) is 12.8 Å². The molecule has 2 aromatic rings. The lowest BCUT2D eigenvalue weighted by Crippen LogP contribution is -2.43. The van der Waals surface area contributed by atoms with Gasteiger partial charge < -0.3 is 14.4 Å². The summed E-state index contributed by atoms with van der Waals surface area (Å²) in [7, 11) is 0. The second-order valence-corrected chi connectivity index (χ2v) is 6.13. The zero-order chi connectivity index (χ0) is 17.1. The molecule has 1 aliphatic carbocycles. The van der Waals surface area contributed by atoms with Crippen LogP contribution in [0.25, 0.3) is 0 Å². The molecule has 0 radical (unpaired) electrons. The van der Waals surface area contributed by atoms with E-state index in [9.17, 15) is 9.59 Å². The molecule has 126 valence electrons. The highest BCUT2D eigenvalue weighted by Crippen LogP contribution is 2.26. The molecule has 0 fully saturated rings. The van der Waals surface area contributed by atoms with Crippen molar-refractivity contribution < 1.29 is 19.1 Å². The van der Waals surface area contributed by atoms with E-state index in [4.69, 9.17) is 9.52 Å². The fraction of sp³-hybridized carbons (Fsp3) is 0.368. The van der Waals surface area contributed by atoms with Crippen molar-refractivity contribution in [1.82, 2.24) is 4.90 Å². The second-order valence-electron chi connectivity index (χ2n) is 6.13. The van der Waals surface area contributed by atoms with Crippen LogP contribution in [0.2, 0.25) is 0 Å². The van der Waals surface area contributed by atoms with E-state index >= 15 is 0 Å². The summed E-state index contributed by atoms with van der Waals surface area (Å²) in [5.74, 6) is -1.50. The molecule has 1 heterocycles.